The number of amides is 1. The summed E-state index contributed by atoms with van der Waals surface area (Å²) in [5.74, 6) is 0.0144. The van der Waals surface area contributed by atoms with Gasteiger partial charge in [0.25, 0.3) is 5.91 Å². The Bertz CT molecular complexity index is 524. The second-order valence-electron chi connectivity index (χ2n) is 3.86. The third kappa shape index (κ3) is 3.19. The summed E-state index contributed by atoms with van der Waals surface area (Å²) in [4.78, 5) is 11.8. The smallest absolute Gasteiger partial charge is 0.251 e. The molecule has 1 N–H and O–H groups in total. The summed E-state index contributed by atoms with van der Waals surface area (Å²) in [7, 11) is 0. The fourth-order valence-electron chi connectivity index (χ4n) is 1.70. The summed E-state index contributed by atoms with van der Waals surface area (Å²) < 4.78 is 1.07. The fraction of sp³-hybridized carbons (Fsp3) is 0.214. The molecule has 17 heavy (non-hydrogen) atoms. The quantitative estimate of drug-likeness (QED) is 0.516. The zero-order valence-electron chi connectivity index (χ0n) is 9.45. The molecule has 0 aliphatic carbocycles. The number of rotatable bonds is 4. The van der Waals surface area contributed by atoms with Crippen molar-refractivity contribution >= 4 is 39.3 Å². The van der Waals surface area contributed by atoms with Gasteiger partial charge in [-0.25, -0.2) is 0 Å². The molecule has 0 aromatic heterocycles. The number of hydrogen-bond acceptors (Lipinski definition) is 1. The van der Waals surface area contributed by atoms with Gasteiger partial charge in [-0.05, 0) is 29.3 Å². The van der Waals surface area contributed by atoms with E-state index in [4.69, 9.17) is 0 Å². The van der Waals surface area contributed by atoms with E-state index in [-0.39, 0.29) is 5.91 Å². The predicted molar refractivity (Wildman–Crippen MR) is 79.8 cm³/mol. The predicted octanol–water partition coefficient (Wildman–Crippen LogP) is 3.39. The van der Waals surface area contributed by atoms with Crippen LogP contribution in [0.15, 0.2) is 42.5 Å². The molecule has 0 bridgehead atoms. The first-order chi connectivity index (χ1) is 8.31. The lowest BCUT2D eigenvalue weighted by molar-refractivity contribution is 0.0954. The van der Waals surface area contributed by atoms with Crippen LogP contribution in [0.5, 0.6) is 0 Å². The number of carbonyl (C=O) groups is 1. The van der Waals surface area contributed by atoms with Crippen molar-refractivity contribution in [3.8, 4) is 0 Å². The highest BCUT2D eigenvalue weighted by atomic mass is 127. The molecule has 0 saturated heterocycles. The van der Waals surface area contributed by atoms with E-state index in [9.17, 15) is 4.79 Å². The summed E-state index contributed by atoms with van der Waals surface area (Å²) in [5, 5.41) is 5.19. The molecule has 0 atom stereocenters. The molecule has 0 aliphatic heterocycles. The Morgan fingerprint density at radius 2 is 1.88 bits per heavy atom. The molecular weight excluding hydrogens is 325 g/mol. The van der Waals surface area contributed by atoms with Crippen LogP contribution in [0.4, 0.5) is 0 Å². The minimum atomic E-state index is 0.0144. The number of benzene rings is 2. The average Bonchev–Trinajstić information content (AvgIpc) is 2.38. The monoisotopic (exact) mass is 339 g/mol. The first kappa shape index (κ1) is 12.4. The molecule has 0 saturated carbocycles. The number of hydrogen-bond donors (Lipinski definition) is 1. The molecule has 2 nitrogen and oxygen atoms in total. The Morgan fingerprint density at radius 3 is 2.65 bits per heavy atom. The van der Waals surface area contributed by atoms with Crippen molar-refractivity contribution in [2.24, 2.45) is 0 Å². The van der Waals surface area contributed by atoms with Crippen LogP contribution < -0.4 is 5.32 Å². The van der Waals surface area contributed by atoms with Gasteiger partial charge in [0, 0.05) is 16.5 Å². The number of nitrogens with one attached hydrogen (secondary N) is 1. The molecule has 3 heteroatoms. The van der Waals surface area contributed by atoms with Gasteiger partial charge < -0.3 is 5.32 Å². The van der Waals surface area contributed by atoms with Crippen LogP contribution in [0.2, 0.25) is 0 Å². The van der Waals surface area contributed by atoms with E-state index in [2.05, 4.69) is 27.9 Å². The van der Waals surface area contributed by atoms with Crippen LogP contribution in [0, 0.1) is 0 Å². The molecule has 0 unspecified atom stereocenters. The van der Waals surface area contributed by atoms with Crippen LogP contribution in [0.1, 0.15) is 16.8 Å². The number of halogens is 1. The average molecular weight is 339 g/mol. The molecule has 0 radical (unpaired) electrons. The maximum Gasteiger partial charge on any atom is 0.251 e. The van der Waals surface area contributed by atoms with Crippen molar-refractivity contribution in [2.45, 2.75) is 6.42 Å². The molecule has 0 fully saturated rings. The van der Waals surface area contributed by atoms with Crippen LogP contribution in [0.3, 0.4) is 0 Å². The molecule has 2 aromatic rings. The van der Waals surface area contributed by atoms with Gasteiger partial charge in [0.1, 0.15) is 0 Å². The Morgan fingerprint density at radius 1 is 1.12 bits per heavy atom. The third-order valence-corrected chi connectivity index (χ3v) is 3.37. The van der Waals surface area contributed by atoms with Gasteiger partial charge in [-0.15, -0.1) is 0 Å². The summed E-state index contributed by atoms with van der Waals surface area (Å²) in [5.41, 5.74) is 0.733. The SMILES string of the molecule is O=C(NCCCI)c1ccc2ccccc2c1. The summed E-state index contributed by atoms with van der Waals surface area (Å²) in [6.45, 7) is 0.745. The lowest BCUT2D eigenvalue weighted by Gasteiger charge is -2.05. The maximum atomic E-state index is 11.8. The summed E-state index contributed by atoms with van der Waals surface area (Å²) in [6.07, 6.45) is 1.01. The molecule has 88 valence electrons. The molecule has 0 aliphatic rings. The maximum absolute atomic E-state index is 11.8. The molecule has 0 spiro atoms. The van der Waals surface area contributed by atoms with Crippen LogP contribution in [-0.2, 0) is 0 Å². The summed E-state index contributed by atoms with van der Waals surface area (Å²) >= 11 is 2.31. The van der Waals surface area contributed by atoms with E-state index < -0.39 is 0 Å². The minimum absolute atomic E-state index is 0.0144. The topological polar surface area (TPSA) is 29.1 Å². The Hall–Kier alpha value is -1.10. The van der Waals surface area contributed by atoms with Crippen LogP contribution in [0.25, 0.3) is 10.8 Å². The molecule has 0 heterocycles. The van der Waals surface area contributed by atoms with Gasteiger partial charge >= 0.3 is 0 Å². The standard InChI is InChI=1S/C14H14INO/c15-8-3-9-16-14(17)13-7-6-11-4-1-2-5-12(11)10-13/h1-2,4-7,10H,3,8-9H2,(H,16,17). The normalized spacial score (nSPS) is 10.4. The van der Waals surface area contributed by atoms with Gasteiger partial charge in [-0.2, -0.15) is 0 Å². The lowest BCUT2D eigenvalue weighted by Crippen LogP contribution is -2.24. The largest absolute Gasteiger partial charge is 0.352 e. The van der Waals surface area contributed by atoms with Crippen molar-refractivity contribution in [3.05, 3.63) is 48.0 Å². The highest BCUT2D eigenvalue weighted by molar-refractivity contribution is 14.1. The Labute approximate surface area is 115 Å². The number of alkyl halides is 1. The molecule has 2 rings (SSSR count). The zero-order valence-corrected chi connectivity index (χ0v) is 11.6. The fourth-order valence-corrected chi connectivity index (χ4v) is 2.08. The van der Waals surface area contributed by atoms with Crippen LogP contribution >= 0.6 is 22.6 Å². The van der Waals surface area contributed by atoms with Crippen LogP contribution in [-0.4, -0.2) is 16.9 Å². The van der Waals surface area contributed by atoms with Gasteiger partial charge in [-0.1, -0.05) is 52.9 Å². The minimum Gasteiger partial charge on any atom is -0.352 e. The van der Waals surface area contributed by atoms with Crippen molar-refractivity contribution in [1.29, 1.82) is 0 Å². The van der Waals surface area contributed by atoms with Crippen molar-refractivity contribution in [3.63, 3.8) is 0 Å². The molecule has 2 aromatic carbocycles. The first-order valence-corrected chi connectivity index (χ1v) is 7.17. The summed E-state index contributed by atoms with van der Waals surface area (Å²) in [6, 6.07) is 13.9. The second-order valence-corrected chi connectivity index (χ2v) is 4.94. The Balaban J connectivity index is 2.15. The molecular formula is C14H14INO. The highest BCUT2D eigenvalue weighted by Gasteiger charge is 2.04. The molecule has 1 amide bonds. The van der Waals surface area contributed by atoms with E-state index in [1.165, 1.54) is 0 Å². The Kier molecular flexibility index (Phi) is 4.36. The van der Waals surface area contributed by atoms with Crippen molar-refractivity contribution in [1.82, 2.24) is 5.32 Å². The van der Waals surface area contributed by atoms with Gasteiger partial charge in [0.2, 0.25) is 0 Å². The van der Waals surface area contributed by atoms with Crippen molar-refractivity contribution < 1.29 is 4.79 Å². The number of fused-ring (bicyclic) bond motifs is 1. The first-order valence-electron chi connectivity index (χ1n) is 5.64. The van der Waals surface area contributed by atoms with E-state index in [1.54, 1.807) is 0 Å². The van der Waals surface area contributed by atoms with Gasteiger partial charge in [0.15, 0.2) is 0 Å². The highest BCUT2D eigenvalue weighted by Crippen LogP contribution is 2.15. The third-order valence-electron chi connectivity index (χ3n) is 2.61. The lowest BCUT2D eigenvalue weighted by atomic mass is 10.1. The van der Waals surface area contributed by atoms with Gasteiger partial charge in [0.05, 0.1) is 0 Å². The van der Waals surface area contributed by atoms with E-state index >= 15 is 0 Å². The number of carbonyl (C=O) groups excluding carboxylic acids is 1. The van der Waals surface area contributed by atoms with Crippen molar-refractivity contribution in [2.75, 3.05) is 11.0 Å². The second kappa shape index (κ2) is 6.00. The van der Waals surface area contributed by atoms with E-state index in [0.29, 0.717) is 0 Å². The van der Waals surface area contributed by atoms with E-state index in [1.807, 2.05) is 42.5 Å². The zero-order chi connectivity index (χ0) is 12.1. The van der Waals surface area contributed by atoms with Gasteiger partial charge in [-0.3, -0.25) is 4.79 Å². The van der Waals surface area contributed by atoms with E-state index in [0.717, 1.165) is 33.7 Å².